The minimum absolute atomic E-state index is 0.212. The van der Waals surface area contributed by atoms with E-state index in [1.165, 1.54) is 16.9 Å². The van der Waals surface area contributed by atoms with Gasteiger partial charge >= 0.3 is 0 Å². The second kappa shape index (κ2) is 9.53. The topological polar surface area (TPSA) is 64.1 Å². The molecule has 0 aliphatic rings. The number of nitrogens with zero attached hydrogens (tertiary/aromatic N) is 2. The van der Waals surface area contributed by atoms with Crippen molar-refractivity contribution in [2.24, 2.45) is 0 Å². The van der Waals surface area contributed by atoms with Gasteiger partial charge in [-0.25, -0.2) is 0 Å². The predicted molar refractivity (Wildman–Crippen MR) is 110 cm³/mol. The molecule has 1 heterocycles. The summed E-state index contributed by atoms with van der Waals surface area (Å²) < 4.78 is 6.70. The number of ether oxygens (including phenoxy) is 1. The number of aryl methyl sites for hydroxylation is 1. The maximum atomic E-state index is 12.5. The van der Waals surface area contributed by atoms with Gasteiger partial charge in [0.25, 0.3) is 5.91 Å². The second-order valence-corrected chi connectivity index (χ2v) is 8.12. The third kappa shape index (κ3) is 5.55. The number of anilines is 1. The highest BCUT2D eigenvalue weighted by molar-refractivity contribution is 8.00. The van der Waals surface area contributed by atoms with Gasteiger partial charge in [-0.2, -0.15) is 0 Å². The molecule has 7 heteroatoms. The van der Waals surface area contributed by atoms with Gasteiger partial charge in [0.1, 0.15) is 5.75 Å². The standard InChI is InChI=1S/C20H21N3O2S2/c1-3-16(25-17-12-8-7-9-14(17)2)18(24)21-19-22-23-20(27-19)26-13-15-10-5-4-6-11-15/h4-12,16H,3,13H2,1-2H3,(H,21,22,24). The summed E-state index contributed by atoms with van der Waals surface area (Å²) in [5, 5.41) is 11.5. The van der Waals surface area contributed by atoms with Crippen molar-refractivity contribution in [3.05, 3.63) is 65.7 Å². The fourth-order valence-corrected chi connectivity index (χ4v) is 4.10. The largest absolute Gasteiger partial charge is 0.480 e. The molecule has 3 aromatic rings. The van der Waals surface area contributed by atoms with Crippen LogP contribution in [0, 0.1) is 6.92 Å². The van der Waals surface area contributed by atoms with E-state index < -0.39 is 6.10 Å². The predicted octanol–water partition coefficient (Wildman–Crippen LogP) is 4.93. The molecular weight excluding hydrogens is 378 g/mol. The quantitative estimate of drug-likeness (QED) is 0.430. The van der Waals surface area contributed by atoms with E-state index in [4.69, 9.17) is 4.74 Å². The Bertz CT molecular complexity index is 884. The lowest BCUT2D eigenvalue weighted by atomic mass is 10.2. The Balaban J connectivity index is 1.56. The Morgan fingerprint density at radius 2 is 1.89 bits per heavy atom. The number of carbonyl (C=O) groups is 1. The molecule has 0 bridgehead atoms. The molecule has 3 rings (SSSR count). The van der Waals surface area contributed by atoms with Crippen LogP contribution in [0.3, 0.4) is 0 Å². The number of para-hydroxylation sites is 1. The van der Waals surface area contributed by atoms with Gasteiger partial charge in [0.15, 0.2) is 10.4 Å². The molecule has 0 aliphatic carbocycles. The number of benzene rings is 2. The van der Waals surface area contributed by atoms with Gasteiger partial charge in [-0.3, -0.25) is 10.1 Å². The SMILES string of the molecule is CCC(Oc1ccccc1C)C(=O)Nc1nnc(SCc2ccccc2)s1. The molecule has 1 unspecified atom stereocenters. The minimum atomic E-state index is -0.574. The second-order valence-electron chi connectivity index (χ2n) is 5.92. The normalized spacial score (nSPS) is 11.8. The first-order valence-electron chi connectivity index (χ1n) is 8.69. The summed E-state index contributed by atoms with van der Waals surface area (Å²) in [6.07, 6.45) is -0.00961. The van der Waals surface area contributed by atoms with Gasteiger partial charge < -0.3 is 4.74 Å². The number of nitrogens with one attached hydrogen (secondary N) is 1. The number of carbonyl (C=O) groups excluding carboxylic acids is 1. The first-order chi connectivity index (χ1) is 13.2. The molecule has 1 atom stereocenters. The van der Waals surface area contributed by atoms with Crippen LogP contribution in [0.2, 0.25) is 0 Å². The summed E-state index contributed by atoms with van der Waals surface area (Å²) >= 11 is 2.97. The van der Waals surface area contributed by atoms with Crippen LogP contribution in [-0.2, 0) is 10.5 Å². The number of hydrogen-bond acceptors (Lipinski definition) is 6. The molecule has 0 radical (unpaired) electrons. The van der Waals surface area contributed by atoms with E-state index in [9.17, 15) is 4.79 Å². The summed E-state index contributed by atoms with van der Waals surface area (Å²) in [5.74, 6) is 1.32. The fourth-order valence-electron chi connectivity index (χ4n) is 2.39. The van der Waals surface area contributed by atoms with E-state index >= 15 is 0 Å². The van der Waals surface area contributed by atoms with Crippen LogP contribution >= 0.6 is 23.1 Å². The van der Waals surface area contributed by atoms with Crippen LogP contribution < -0.4 is 10.1 Å². The van der Waals surface area contributed by atoms with Crippen molar-refractivity contribution in [1.29, 1.82) is 0 Å². The first-order valence-corrected chi connectivity index (χ1v) is 10.5. The van der Waals surface area contributed by atoms with Gasteiger partial charge in [0.05, 0.1) is 0 Å². The van der Waals surface area contributed by atoms with Crippen LogP contribution in [0.5, 0.6) is 5.75 Å². The lowest BCUT2D eigenvalue weighted by molar-refractivity contribution is -0.122. The maximum Gasteiger partial charge on any atom is 0.267 e. The number of thioether (sulfide) groups is 1. The Morgan fingerprint density at radius 3 is 2.63 bits per heavy atom. The average molecular weight is 400 g/mol. The lowest BCUT2D eigenvalue weighted by Crippen LogP contribution is -2.32. The van der Waals surface area contributed by atoms with E-state index in [0.717, 1.165) is 21.4 Å². The summed E-state index contributed by atoms with van der Waals surface area (Å²) in [6, 6.07) is 17.8. The lowest BCUT2D eigenvalue weighted by Gasteiger charge is -2.17. The molecule has 0 aliphatic heterocycles. The van der Waals surface area contributed by atoms with Crippen molar-refractivity contribution in [3.8, 4) is 5.75 Å². The van der Waals surface area contributed by atoms with Crippen molar-refractivity contribution >= 4 is 34.1 Å². The van der Waals surface area contributed by atoms with Crippen LogP contribution in [0.25, 0.3) is 0 Å². The molecule has 1 N–H and O–H groups in total. The van der Waals surface area contributed by atoms with E-state index in [-0.39, 0.29) is 5.91 Å². The minimum Gasteiger partial charge on any atom is -0.480 e. The van der Waals surface area contributed by atoms with Gasteiger partial charge in [-0.15, -0.1) is 10.2 Å². The monoisotopic (exact) mass is 399 g/mol. The average Bonchev–Trinajstić information content (AvgIpc) is 3.14. The highest BCUT2D eigenvalue weighted by Crippen LogP contribution is 2.28. The van der Waals surface area contributed by atoms with E-state index in [1.54, 1.807) is 11.8 Å². The van der Waals surface area contributed by atoms with Gasteiger partial charge in [-0.05, 0) is 30.5 Å². The Hall–Kier alpha value is -2.38. The van der Waals surface area contributed by atoms with E-state index in [1.807, 2.05) is 56.3 Å². The first kappa shape index (κ1) is 19.4. The molecule has 1 aromatic heterocycles. The fraction of sp³-hybridized carbons (Fsp3) is 0.250. The molecule has 5 nitrogen and oxygen atoms in total. The number of aromatic nitrogens is 2. The van der Waals surface area contributed by atoms with Gasteiger partial charge in [0, 0.05) is 5.75 Å². The third-order valence-corrected chi connectivity index (χ3v) is 5.91. The number of amides is 1. The van der Waals surface area contributed by atoms with E-state index in [2.05, 4.69) is 27.6 Å². The van der Waals surface area contributed by atoms with Crippen molar-refractivity contribution in [2.45, 2.75) is 36.5 Å². The summed E-state index contributed by atoms with van der Waals surface area (Å²) in [4.78, 5) is 12.5. The molecule has 0 spiro atoms. The maximum absolute atomic E-state index is 12.5. The summed E-state index contributed by atoms with van der Waals surface area (Å²) in [7, 11) is 0. The molecule has 2 aromatic carbocycles. The van der Waals surface area contributed by atoms with Crippen LogP contribution in [0.1, 0.15) is 24.5 Å². The summed E-state index contributed by atoms with van der Waals surface area (Å²) in [6.45, 7) is 3.88. The van der Waals surface area contributed by atoms with Crippen molar-refractivity contribution < 1.29 is 9.53 Å². The molecule has 0 saturated heterocycles. The Labute approximate surface area is 167 Å². The van der Waals surface area contributed by atoms with Crippen molar-refractivity contribution in [1.82, 2.24) is 10.2 Å². The van der Waals surface area contributed by atoms with E-state index in [0.29, 0.717) is 11.6 Å². The molecule has 27 heavy (non-hydrogen) atoms. The third-order valence-electron chi connectivity index (χ3n) is 3.87. The molecule has 0 saturated carbocycles. The molecule has 1 amide bonds. The van der Waals surface area contributed by atoms with Crippen molar-refractivity contribution in [3.63, 3.8) is 0 Å². The number of rotatable bonds is 8. The highest BCUT2D eigenvalue weighted by Gasteiger charge is 2.20. The zero-order chi connectivity index (χ0) is 19.1. The van der Waals surface area contributed by atoms with Gasteiger partial charge in [-0.1, -0.05) is 78.6 Å². The van der Waals surface area contributed by atoms with Crippen molar-refractivity contribution in [2.75, 3.05) is 5.32 Å². The van der Waals surface area contributed by atoms with Crippen LogP contribution in [0.15, 0.2) is 58.9 Å². The number of hydrogen-bond donors (Lipinski definition) is 1. The smallest absolute Gasteiger partial charge is 0.267 e. The molecule has 140 valence electrons. The highest BCUT2D eigenvalue weighted by atomic mass is 32.2. The van der Waals surface area contributed by atoms with Crippen LogP contribution in [-0.4, -0.2) is 22.2 Å². The Kier molecular flexibility index (Phi) is 6.84. The zero-order valence-electron chi connectivity index (χ0n) is 15.2. The molecule has 0 fully saturated rings. The zero-order valence-corrected chi connectivity index (χ0v) is 16.8. The van der Waals surface area contributed by atoms with Gasteiger partial charge in [0.2, 0.25) is 5.13 Å². The Morgan fingerprint density at radius 1 is 1.15 bits per heavy atom. The molecular formula is C20H21N3O2S2. The summed E-state index contributed by atoms with van der Waals surface area (Å²) in [5.41, 5.74) is 2.22. The van der Waals surface area contributed by atoms with Crippen LogP contribution in [0.4, 0.5) is 5.13 Å².